The van der Waals surface area contributed by atoms with Crippen LogP contribution in [0.4, 0.5) is 0 Å². The number of carbonyl (C=O) groups is 2. The molecular weight excluding hydrogens is 335 g/mol. The maximum Gasteiger partial charge on any atom is 0.307 e. The third kappa shape index (κ3) is 3.36. The van der Waals surface area contributed by atoms with Crippen molar-refractivity contribution in [1.29, 1.82) is 0 Å². The fourth-order valence-corrected chi connectivity index (χ4v) is 4.01. The minimum atomic E-state index is -0.939. The van der Waals surface area contributed by atoms with E-state index in [0.717, 1.165) is 6.42 Å². The molecule has 6 heteroatoms. The second-order valence-corrected chi connectivity index (χ2v) is 6.66. The molecule has 1 aromatic rings. The lowest BCUT2D eigenvalue weighted by atomic mass is 9.88. The van der Waals surface area contributed by atoms with Gasteiger partial charge in [0, 0.05) is 10.9 Å². The number of carboxylic acids is 1. The van der Waals surface area contributed by atoms with Crippen LogP contribution < -0.4 is 0 Å². The van der Waals surface area contributed by atoms with Crippen LogP contribution in [0.5, 0.6) is 0 Å². The summed E-state index contributed by atoms with van der Waals surface area (Å²) in [6.07, 6.45) is 1.93. The molecule has 1 fully saturated rings. The highest BCUT2D eigenvalue weighted by Crippen LogP contribution is 2.42. The van der Waals surface area contributed by atoms with Gasteiger partial charge in [-0.15, -0.1) is 0 Å². The van der Waals surface area contributed by atoms with Crippen LogP contribution in [-0.2, 0) is 4.79 Å². The zero-order valence-corrected chi connectivity index (χ0v) is 13.7. The van der Waals surface area contributed by atoms with Gasteiger partial charge < -0.3 is 5.11 Å². The van der Waals surface area contributed by atoms with Gasteiger partial charge in [-0.05, 0) is 30.9 Å². The van der Waals surface area contributed by atoms with E-state index in [9.17, 15) is 14.7 Å². The third-order valence-electron chi connectivity index (χ3n) is 4.14. The Hall–Kier alpha value is -0.770. The fourth-order valence-electron chi connectivity index (χ4n) is 3.00. The molecule has 1 saturated carbocycles. The van der Waals surface area contributed by atoms with Crippen molar-refractivity contribution in [3.8, 4) is 0 Å². The average molecular weight is 350 g/mol. The van der Waals surface area contributed by atoms with E-state index in [4.69, 9.17) is 34.8 Å². The molecule has 1 aliphatic carbocycles. The molecule has 114 valence electrons. The Kier molecular flexibility index (Phi) is 5.18. The Balaban J connectivity index is 2.37. The topological polar surface area (TPSA) is 54.4 Å². The first-order chi connectivity index (χ1) is 9.85. The van der Waals surface area contributed by atoms with Crippen LogP contribution in [0.3, 0.4) is 0 Å². The molecule has 2 rings (SSSR count). The van der Waals surface area contributed by atoms with Crippen molar-refractivity contribution in [3.63, 3.8) is 0 Å². The molecule has 0 aliphatic heterocycles. The Morgan fingerprint density at radius 1 is 1.14 bits per heavy atom. The molecule has 3 unspecified atom stereocenters. The first-order valence-corrected chi connectivity index (χ1v) is 7.90. The van der Waals surface area contributed by atoms with Crippen molar-refractivity contribution in [3.05, 3.63) is 32.8 Å². The van der Waals surface area contributed by atoms with Gasteiger partial charge in [0.1, 0.15) is 0 Å². The first-order valence-electron chi connectivity index (χ1n) is 6.76. The van der Waals surface area contributed by atoms with E-state index in [1.807, 2.05) is 6.92 Å². The summed E-state index contributed by atoms with van der Waals surface area (Å²) in [6, 6.07) is 2.90. The quantitative estimate of drug-likeness (QED) is 0.781. The largest absolute Gasteiger partial charge is 0.481 e. The molecule has 0 bridgehead atoms. The number of aliphatic carboxylic acids is 1. The lowest BCUT2D eigenvalue weighted by Gasteiger charge is -2.16. The Morgan fingerprint density at radius 2 is 1.67 bits per heavy atom. The van der Waals surface area contributed by atoms with Crippen molar-refractivity contribution >= 4 is 46.6 Å². The van der Waals surface area contributed by atoms with Gasteiger partial charge in [0.05, 0.1) is 21.5 Å². The molecular formula is C15H15Cl3O3. The van der Waals surface area contributed by atoms with Crippen molar-refractivity contribution in [2.24, 2.45) is 17.8 Å². The summed E-state index contributed by atoms with van der Waals surface area (Å²) in [7, 11) is 0. The van der Waals surface area contributed by atoms with Gasteiger partial charge in [0.15, 0.2) is 5.78 Å². The SMILES string of the molecule is CCC1CC(C(=O)O)C(C(=O)c2c(Cl)cc(Cl)cc2Cl)C1. The second kappa shape index (κ2) is 6.55. The van der Waals surface area contributed by atoms with E-state index in [0.29, 0.717) is 17.9 Å². The van der Waals surface area contributed by atoms with Crippen LogP contribution in [0, 0.1) is 17.8 Å². The number of halogens is 3. The predicted molar refractivity (Wildman–Crippen MR) is 83.4 cm³/mol. The number of hydrogen-bond acceptors (Lipinski definition) is 2. The van der Waals surface area contributed by atoms with Gasteiger partial charge in [0.25, 0.3) is 0 Å². The predicted octanol–water partition coefficient (Wildman–Crippen LogP) is 4.97. The highest BCUT2D eigenvalue weighted by atomic mass is 35.5. The van der Waals surface area contributed by atoms with Crippen LogP contribution >= 0.6 is 34.8 Å². The molecule has 0 saturated heterocycles. The number of rotatable bonds is 4. The van der Waals surface area contributed by atoms with Crippen molar-refractivity contribution in [2.75, 3.05) is 0 Å². The van der Waals surface area contributed by atoms with E-state index in [2.05, 4.69) is 0 Å². The molecule has 0 spiro atoms. The summed E-state index contributed by atoms with van der Waals surface area (Å²) in [4.78, 5) is 24.1. The normalized spacial score (nSPS) is 25.0. The van der Waals surface area contributed by atoms with E-state index in [1.54, 1.807) is 0 Å². The summed E-state index contributed by atoms with van der Waals surface area (Å²) in [5.74, 6) is -2.26. The highest BCUT2D eigenvalue weighted by molar-refractivity contribution is 6.42. The number of benzene rings is 1. The molecule has 3 nitrogen and oxygen atoms in total. The monoisotopic (exact) mass is 348 g/mol. The minimum Gasteiger partial charge on any atom is -0.481 e. The molecule has 0 aromatic heterocycles. The van der Waals surface area contributed by atoms with Gasteiger partial charge in [-0.2, -0.15) is 0 Å². The number of ketones is 1. The Morgan fingerprint density at radius 3 is 2.14 bits per heavy atom. The molecule has 21 heavy (non-hydrogen) atoms. The highest BCUT2D eigenvalue weighted by Gasteiger charge is 2.43. The summed E-state index contributed by atoms with van der Waals surface area (Å²) < 4.78 is 0. The van der Waals surface area contributed by atoms with Gasteiger partial charge in [-0.3, -0.25) is 9.59 Å². The van der Waals surface area contributed by atoms with E-state index in [-0.39, 0.29) is 27.3 Å². The zero-order valence-electron chi connectivity index (χ0n) is 11.4. The number of hydrogen-bond donors (Lipinski definition) is 1. The van der Waals surface area contributed by atoms with Crippen molar-refractivity contribution in [2.45, 2.75) is 26.2 Å². The van der Waals surface area contributed by atoms with Crippen molar-refractivity contribution in [1.82, 2.24) is 0 Å². The second-order valence-electron chi connectivity index (χ2n) is 5.41. The Bertz CT molecular complexity index is 563. The van der Waals surface area contributed by atoms with E-state index in [1.165, 1.54) is 12.1 Å². The molecule has 1 aliphatic rings. The molecule has 0 radical (unpaired) electrons. The summed E-state index contributed by atoms with van der Waals surface area (Å²) in [5.41, 5.74) is 0.177. The van der Waals surface area contributed by atoms with Crippen molar-refractivity contribution < 1.29 is 14.7 Å². The van der Waals surface area contributed by atoms with Gasteiger partial charge >= 0.3 is 5.97 Å². The number of Topliss-reactive ketones (excluding diaryl/α,β-unsaturated/α-hetero) is 1. The van der Waals surface area contributed by atoms with E-state index >= 15 is 0 Å². The molecule has 1 aromatic carbocycles. The fraction of sp³-hybridized carbons (Fsp3) is 0.467. The standard InChI is InChI=1S/C15H15Cl3O3/c1-2-7-3-9(10(4-7)15(20)21)14(19)13-11(17)5-8(16)6-12(13)18/h5-7,9-10H,2-4H2,1H3,(H,20,21). The van der Waals surface area contributed by atoms with Crippen LogP contribution in [0.2, 0.25) is 15.1 Å². The third-order valence-corrected chi connectivity index (χ3v) is 4.96. The molecule has 0 heterocycles. The zero-order chi connectivity index (χ0) is 15.7. The summed E-state index contributed by atoms with van der Waals surface area (Å²) in [6.45, 7) is 2.00. The maximum atomic E-state index is 12.7. The van der Waals surface area contributed by atoms with Crippen LogP contribution in [-0.4, -0.2) is 16.9 Å². The lowest BCUT2D eigenvalue weighted by molar-refractivity contribution is -0.142. The van der Waals surface area contributed by atoms with Gasteiger partial charge in [0.2, 0.25) is 0 Å². The molecule has 3 atom stereocenters. The van der Waals surface area contributed by atoms with Crippen LogP contribution in [0.25, 0.3) is 0 Å². The van der Waals surface area contributed by atoms with Gasteiger partial charge in [-0.25, -0.2) is 0 Å². The first kappa shape index (κ1) is 16.6. The number of carbonyl (C=O) groups excluding carboxylic acids is 1. The summed E-state index contributed by atoms with van der Waals surface area (Å²) >= 11 is 18.0. The summed E-state index contributed by atoms with van der Waals surface area (Å²) in [5, 5.41) is 10.0. The minimum absolute atomic E-state index is 0.168. The maximum absolute atomic E-state index is 12.7. The smallest absolute Gasteiger partial charge is 0.307 e. The van der Waals surface area contributed by atoms with Gasteiger partial charge in [-0.1, -0.05) is 48.1 Å². The molecule has 0 amide bonds. The Labute approximate surface area is 138 Å². The lowest BCUT2D eigenvalue weighted by Crippen LogP contribution is -2.25. The molecule has 1 N–H and O–H groups in total. The average Bonchev–Trinajstić information content (AvgIpc) is 2.81. The van der Waals surface area contributed by atoms with Crippen LogP contribution in [0.15, 0.2) is 12.1 Å². The van der Waals surface area contributed by atoms with Crippen LogP contribution in [0.1, 0.15) is 36.5 Å². The van der Waals surface area contributed by atoms with E-state index < -0.39 is 17.8 Å². The number of carboxylic acid groups (broad SMARTS) is 1.